The first-order valence-corrected chi connectivity index (χ1v) is 9.61. The summed E-state index contributed by atoms with van der Waals surface area (Å²) in [6, 6.07) is 6.47. The van der Waals surface area contributed by atoms with Crippen molar-refractivity contribution >= 4 is 37.5 Å². The summed E-state index contributed by atoms with van der Waals surface area (Å²) in [5.41, 5.74) is 0.311. The molecule has 7 nitrogen and oxygen atoms in total. The molecule has 0 aliphatic rings. The Labute approximate surface area is 130 Å². The maximum Gasteiger partial charge on any atom is 0.278 e. The van der Waals surface area contributed by atoms with Gasteiger partial charge in [0.1, 0.15) is 0 Å². The van der Waals surface area contributed by atoms with Gasteiger partial charge in [-0.05, 0) is 12.1 Å². The second-order valence-electron chi connectivity index (χ2n) is 4.47. The van der Waals surface area contributed by atoms with Gasteiger partial charge in [0.25, 0.3) is 10.2 Å². The van der Waals surface area contributed by atoms with E-state index in [1.165, 1.54) is 14.1 Å². The third-order valence-corrected chi connectivity index (χ3v) is 5.63. The van der Waals surface area contributed by atoms with E-state index in [4.69, 9.17) is 11.6 Å². The summed E-state index contributed by atoms with van der Waals surface area (Å²) in [6.07, 6.45) is 1.04. The van der Waals surface area contributed by atoms with Crippen molar-refractivity contribution in [2.75, 3.05) is 37.7 Å². The molecule has 1 N–H and O–H groups in total. The van der Waals surface area contributed by atoms with Crippen molar-refractivity contribution in [3.63, 3.8) is 0 Å². The molecule has 10 heteroatoms. The molecule has 0 spiro atoms. The van der Waals surface area contributed by atoms with E-state index in [9.17, 15) is 16.8 Å². The van der Waals surface area contributed by atoms with E-state index < -0.39 is 20.2 Å². The van der Waals surface area contributed by atoms with Crippen LogP contribution >= 0.6 is 11.6 Å². The lowest BCUT2D eigenvalue weighted by Crippen LogP contribution is -2.42. The molecule has 1 rings (SSSR count). The average Bonchev–Trinajstić information content (AvgIpc) is 2.34. The number of sulfonamides is 1. The Morgan fingerprint density at radius 1 is 1.14 bits per heavy atom. The number of hydrogen-bond acceptors (Lipinski definition) is 4. The van der Waals surface area contributed by atoms with Gasteiger partial charge >= 0.3 is 0 Å². The molecule has 0 fully saturated rings. The van der Waals surface area contributed by atoms with Crippen LogP contribution in [0.25, 0.3) is 0 Å². The highest BCUT2D eigenvalue weighted by molar-refractivity contribution is 7.92. The van der Waals surface area contributed by atoms with Gasteiger partial charge in [0.05, 0.1) is 17.0 Å². The van der Waals surface area contributed by atoms with Crippen LogP contribution in [-0.2, 0) is 20.2 Å². The van der Waals surface area contributed by atoms with Crippen LogP contribution in [0, 0.1) is 0 Å². The topological polar surface area (TPSA) is 86.8 Å². The first-order valence-electron chi connectivity index (χ1n) is 5.95. The number of halogens is 1. The molecular formula is C11H18ClN3O4S2. The number of hydrogen-bond donors (Lipinski definition) is 1. The Balaban J connectivity index is 2.91. The van der Waals surface area contributed by atoms with Crippen molar-refractivity contribution in [1.82, 2.24) is 9.03 Å². The second-order valence-corrected chi connectivity index (χ2v) is 8.75. The van der Waals surface area contributed by atoms with Crippen molar-refractivity contribution in [2.45, 2.75) is 0 Å². The fourth-order valence-corrected chi connectivity index (χ4v) is 3.36. The minimum atomic E-state index is -3.60. The van der Waals surface area contributed by atoms with Crippen LogP contribution in [-0.4, -0.2) is 54.6 Å². The van der Waals surface area contributed by atoms with Crippen LogP contribution in [0.2, 0.25) is 5.02 Å². The first-order chi connectivity index (χ1) is 9.55. The van der Waals surface area contributed by atoms with E-state index in [1.807, 2.05) is 0 Å². The lowest BCUT2D eigenvalue weighted by Gasteiger charge is -2.24. The molecule has 0 heterocycles. The molecule has 0 saturated heterocycles. The van der Waals surface area contributed by atoms with Gasteiger partial charge in [-0.1, -0.05) is 23.7 Å². The van der Waals surface area contributed by atoms with Gasteiger partial charge < -0.3 is 0 Å². The zero-order valence-corrected chi connectivity index (χ0v) is 14.3. The molecule has 0 aliphatic carbocycles. The number of nitrogens with zero attached hydrogens (tertiary/aromatic N) is 2. The normalized spacial score (nSPS) is 12.6. The third kappa shape index (κ3) is 5.11. The summed E-state index contributed by atoms with van der Waals surface area (Å²) in [5, 5.41) is 0.276. The van der Waals surface area contributed by atoms with Gasteiger partial charge in [-0.3, -0.25) is 4.31 Å². The largest absolute Gasteiger partial charge is 0.278 e. The summed E-state index contributed by atoms with van der Waals surface area (Å²) in [7, 11) is -4.42. The highest BCUT2D eigenvalue weighted by Gasteiger charge is 2.20. The summed E-state index contributed by atoms with van der Waals surface area (Å²) in [5.74, 6) is 0. The van der Waals surface area contributed by atoms with Crippen LogP contribution in [0.15, 0.2) is 24.3 Å². The summed E-state index contributed by atoms with van der Waals surface area (Å²) in [6.45, 7) is -0.131. The lowest BCUT2D eigenvalue weighted by atomic mass is 10.3. The molecule has 0 radical (unpaired) electrons. The van der Waals surface area contributed by atoms with Crippen molar-refractivity contribution in [3.8, 4) is 0 Å². The molecule has 1 aromatic rings. The Kier molecular flexibility index (Phi) is 6.00. The molecule has 0 aliphatic heterocycles. The van der Waals surface area contributed by atoms with Gasteiger partial charge in [0.15, 0.2) is 0 Å². The number of rotatable bonds is 7. The van der Waals surface area contributed by atoms with Gasteiger partial charge in [-0.25, -0.2) is 13.1 Å². The molecule has 0 amide bonds. The minimum absolute atomic E-state index is 0.0599. The Morgan fingerprint density at radius 3 is 2.19 bits per heavy atom. The smallest absolute Gasteiger partial charge is 0.268 e. The Hall–Kier alpha value is -0.870. The van der Waals surface area contributed by atoms with E-state index in [-0.39, 0.29) is 18.1 Å². The van der Waals surface area contributed by atoms with E-state index in [0.29, 0.717) is 5.69 Å². The van der Waals surface area contributed by atoms with Gasteiger partial charge in [-0.2, -0.15) is 12.7 Å². The molecule has 0 atom stereocenters. The predicted octanol–water partition coefficient (Wildman–Crippen LogP) is 0.502. The van der Waals surface area contributed by atoms with Crippen LogP contribution in [0.3, 0.4) is 0 Å². The Morgan fingerprint density at radius 2 is 1.71 bits per heavy atom. The average molecular weight is 356 g/mol. The van der Waals surface area contributed by atoms with Crippen molar-refractivity contribution in [1.29, 1.82) is 0 Å². The molecular weight excluding hydrogens is 338 g/mol. The number of para-hydroxylation sites is 1. The fourth-order valence-electron chi connectivity index (χ4n) is 1.52. The first kappa shape index (κ1) is 18.2. The van der Waals surface area contributed by atoms with Crippen molar-refractivity contribution < 1.29 is 16.8 Å². The molecule has 0 saturated carbocycles. The van der Waals surface area contributed by atoms with E-state index in [1.54, 1.807) is 24.3 Å². The highest BCUT2D eigenvalue weighted by Crippen LogP contribution is 2.26. The van der Waals surface area contributed by atoms with Crippen LogP contribution in [0.5, 0.6) is 0 Å². The monoisotopic (exact) mass is 355 g/mol. The van der Waals surface area contributed by atoms with E-state index in [2.05, 4.69) is 4.72 Å². The number of anilines is 1. The summed E-state index contributed by atoms with van der Waals surface area (Å²) >= 11 is 5.99. The number of benzene rings is 1. The molecule has 0 unspecified atom stereocenters. The van der Waals surface area contributed by atoms with Crippen molar-refractivity contribution in [3.05, 3.63) is 29.3 Å². The minimum Gasteiger partial charge on any atom is -0.268 e. The molecule has 0 bridgehead atoms. The fraction of sp³-hybridized carbons (Fsp3) is 0.455. The van der Waals surface area contributed by atoms with Gasteiger partial charge in [0.2, 0.25) is 10.0 Å². The standard InChI is InChI=1S/C11H18ClN3O4S2/c1-14(2)21(18,19)13-8-9-15(20(3,16)17)11-7-5-4-6-10(11)12/h4-7,13H,8-9H2,1-3H3. The van der Waals surface area contributed by atoms with Crippen LogP contribution in [0.1, 0.15) is 0 Å². The predicted molar refractivity (Wildman–Crippen MR) is 84.3 cm³/mol. The molecule has 0 aromatic heterocycles. The van der Waals surface area contributed by atoms with Crippen molar-refractivity contribution in [2.24, 2.45) is 0 Å². The SMILES string of the molecule is CN(C)S(=O)(=O)NCCN(c1ccccc1Cl)S(C)(=O)=O. The Bertz CT molecular complexity index is 689. The summed E-state index contributed by atoms with van der Waals surface area (Å²) in [4.78, 5) is 0. The highest BCUT2D eigenvalue weighted by atomic mass is 35.5. The summed E-state index contributed by atoms with van der Waals surface area (Å²) < 4.78 is 51.2. The maximum atomic E-state index is 11.9. The molecule has 1 aromatic carbocycles. The third-order valence-electron chi connectivity index (χ3n) is 2.60. The second kappa shape index (κ2) is 6.93. The quantitative estimate of drug-likeness (QED) is 0.771. The van der Waals surface area contributed by atoms with Gasteiger partial charge in [0, 0.05) is 27.2 Å². The lowest BCUT2D eigenvalue weighted by molar-refractivity contribution is 0.506. The van der Waals surface area contributed by atoms with E-state index >= 15 is 0 Å². The van der Waals surface area contributed by atoms with Gasteiger partial charge in [-0.15, -0.1) is 0 Å². The number of nitrogens with one attached hydrogen (secondary N) is 1. The maximum absolute atomic E-state index is 11.9. The van der Waals surface area contributed by atoms with E-state index in [0.717, 1.165) is 14.9 Å². The van der Waals surface area contributed by atoms with Crippen LogP contribution < -0.4 is 9.03 Å². The van der Waals surface area contributed by atoms with Crippen LogP contribution in [0.4, 0.5) is 5.69 Å². The zero-order valence-electron chi connectivity index (χ0n) is 11.9. The molecule has 120 valence electrons. The molecule has 21 heavy (non-hydrogen) atoms. The zero-order chi connectivity index (χ0) is 16.3.